The number of anilines is 1. The van der Waals surface area contributed by atoms with Crippen molar-refractivity contribution < 1.29 is 27.1 Å². The molecule has 0 aliphatic heterocycles. The fourth-order valence-electron chi connectivity index (χ4n) is 1.63. The van der Waals surface area contributed by atoms with Crippen molar-refractivity contribution in [1.29, 1.82) is 0 Å². The Kier molecular flexibility index (Phi) is 3.64. The van der Waals surface area contributed by atoms with Gasteiger partial charge in [-0.25, -0.2) is 22.0 Å². The number of halogens is 2. The molecule has 112 valence electrons. The number of carboxylic acids is 1. The van der Waals surface area contributed by atoms with Gasteiger partial charge in [0.15, 0.2) is 10.7 Å². The van der Waals surface area contributed by atoms with Crippen molar-refractivity contribution in [3.63, 3.8) is 0 Å². The van der Waals surface area contributed by atoms with Crippen LogP contribution < -0.4 is 4.72 Å². The van der Waals surface area contributed by atoms with E-state index in [-0.39, 0.29) is 0 Å². The third kappa shape index (κ3) is 2.70. The van der Waals surface area contributed by atoms with Crippen molar-refractivity contribution in [1.82, 2.24) is 9.78 Å². The van der Waals surface area contributed by atoms with Gasteiger partial charge in [-0.2, -0.15) is 5.10 Å². The van der Waals surface area contributed by atoms with Gasteiger partial charge in [-0.1, -0.05) is 6.07 Å². The molecular formula is C11H9F2N3O4S. The fraction of sp³-hybridized carbons (Fsp3) is 0.0909. The molecule has 21 heavy (non-hydrogen) atoms. The van der Waals surface area contributed by atoms with E-state index in [1.165, 1.54) is 7.05 Å². The molecule has 0 saturated carbocycles. The van der Waals surface area contributed by atoms with Crippen LogP contribution in [0.4, 0.5) is 14.6 Å². The van der Waals surface area contributed by atoms with E-state index in [2.05, 4.69) is 5.10 Å². The molecule has 1 heterocycles. The highest BCUT2D eigenvalue weighted by Crippen LogP contribution is 2.23. The monoisotopic (exact) mass is 317 g/mol. The van der Waals surface area contributed by atoms with Gasteiger partial charge >= 0.3 is 5.97 Å². The molecule has 1 aromatic carbocycles. The van der Waals surface area contributed by atoms with Crippen LogP contribution in [0.25, 0.3) is 0 Å². The van der Waals surface area contributed by atoms with Crippen molar-refractivity contribution in [2.24, 2.45) is 7.05 Å². The van der Waals surface area contributed by atoms with E-state index < -0.39 is 43.9 Å². The number of carboxylic acid groups (broad SMARTS) is 1. The normalized spacial score (nSPS) is 11.4. The number of aromatic carboxylic acids is 1. The van der Waals surface area contributed by atoms with Crippen LogP contribution in [0.15, 0.2) is 29.3 Å². The molecule has 0 amide bonds. The van der Waals surface area contributed by atoms with E-state index in [0.717, 1.165) is 29.1 Å². The van der Waals surface area contributed by atoms with Gasteiger partial charge in [0.2, 0.25) is 0 Å². The highest BCUT2D eigenvalue weighted by Gasteiger charge is 2.27. The van der Waals surface area contributed by atoms with Crippen LogP contribution in [0.3, 0.4) is 0 Å². The first-order valence-electron chi connectivity index (χ1n) is 5.46. The van der Waals surface area contributed by atoms with E-state index in [9.17, 15) is 22.0 Å². The van der Waals surface area contributed by atoms with Crippen LogP contribution >= 0.6 is 0 Å². The number of nitrogens with zero attached hydrogens (tertiary/aromatic N) is 2. The molecule has 2 aromatic rings. The molecule has 2 rings (SSSR count). The Labute approximate surface area is 117 Å². The minimum atomic E-state index is -4.65. The van der Waals surface area contributed by atoms with E-state index in [0.29, 0.717) is 0 Å². The Bertz CT molecular complexity index is 797. The second-order valence-corrected chi connectivity index (χ2v) is 5.61. The standard InChI is InChI=1S/C11H9F2N3O4S/c1-16-10(6(5-14-16)11(17)18)15-21(19,20)9-7(12)3-2-4-8(9)13/h2-5,15H,1H3,(H,17,18). The van der Waals surface area contributed by atoms with Crippen molar-refractivity contribution in [2.45, 2.75) is 4.90 Å². The third-order valence-corrected chi connectivity index (χ3v) is 3.98. The quantitative estimate of drug-likeness (QED) is 0.882. The second kappa shape index (κ2) is 5.13. The van der Waals surface area contributed by atoms with Gasteiger partial charge in [0.1, 0.15) is 17.2 Å². The van der Waals surface area contributed by atoms with Crippen molar-refractivity contribution in [3.05, 3.63) is 41.6 Å². The fourth-order valence-corrected chi connectivity index (χ4v) is 2.88. The molecule has 0 saturated heterocycles. The molecule has 0 aliphatic rings. The van der Waals surface area contributed by atoms with E-state index >= 15 is 0 Å². The molecule has 0 unspecified atom stereocenters. The molecule has 2 N–H and O–H groups in total. The number of nitrogens with one attached hydrogen (secondary N) is 1. The summed E-state index contributed by atoms with van der Waals surface area (Å²) in [6.07, 6.45) is 0.915. The molecule has 0 bridgehead atoms. The Balaban J connectivity index is 2.53. The molecule has 10 heteroatoms. The summed E-state index contributed by atoms with van der Waals surface area (Å²) in [5.41, 5.74) is -0.446. The van der Waals surface area contributed by atoms with Crippen LogP contribution in [-0.2, 0) is 17.1 Å². The Morgan fingerprint density at radius 3 is 2.43 bits per heavy atom. The van der Waals surface area contributed by atoms with Gasteiger partial charge in [-0.15, -0.1) is 0 Å². The maximum Gasteiger partial charge on any atom is 0.341 e. The minimum absolute atomic E-state index is 0.412. The number of aromatic nitrogens is 2. The van der Waals surface area contributed by atoms with Gasteiger partial charge in [-0.05, 0) is 12.1 Å². The second-order valence-electron chi connectivity index (χ2n) is 3.99. The van der Waals surface area contributed by atoms with Crippen LogP contribution in [0, 0.1) is 11.6 Å². The lowest BCUT2D eigenvalue weighted by molar-refractivity contribution is 0.0698. The van der Waals surface area contributed by atoms with Crippen molar-refractivity contribution >= 4 is 21.8 Å². The number of aryl methyl sites for hydroxylation is 1. The first kappa shape index (κ1) is 14.9. The van der Waals surface area contributed by atoms with Crippen LogP contribution in [0.5, 0.6) is 0 Å². The SMILES string of the molecule is Cn1ncc(C(=O)O)c1NS(=O)(=O)c1c(F)cccc1F. The van der Waals surface area contributed by atoms with E-state index in [1.54, 1.807) is 0 Å². The average Bonchev–Trinajstić information content (AvgIpc) is 2.70. The third-order valence-electron chi connectivity index (χ3n) is 2.59. The van der Waals surface area contributed by atoms with Crippen molar-refractivity contribution in [3.8, 4) is 0 Å². The van der Waals surface area contributed by atoms with Gasteiger partial charge in [0, 0.05) is 7.05 Å². The molecular weight excluding hydrogens is 308 g/mol. The summed E-state index contributed by atoms with van der Waals surface area (Å²) in [7, 11) is -3.37. The molecule has 0 aliphatic carbocycles. The number of sulfonamides is 1. The number of benzene rings is 1. The number of hydrogen-bond acceptors (Lipinski definition) is 4. The maximum atomic E-state index is 13.5. The Hall–Kier alpha value is -2.49. The zero-order valence-electron chi connectivity index (χ0n) is 10.5. The van der Waals surface area contributed by atoms with Crippen molar-refractivity contribution in [2.75, 3.05) is 4.72 Å². The topological polar surface area (TPSA) is 101 Å². The number of rotatable bonds is 4. The van der Waals surface area contributed by atoms with Crippen LogP contribution in [-0.4, -0.2) is 29.3 Å². The Morgan fingerprint density at radius 2 is 1.90 bits per heavy atom. The summed E-state index contributed by atoms with van der Waals surface area (Å²) in [4.78, 5) is 9.76. The highest BCUT2D eigenvalue weighted by atomic mass is 32.2. The molecule has 1 aromatic heterocycles. The van der Waals surface area contributed by atoms with Crippen LogP contribution in [0.1, 0.15) is 10.4 Å². The van der Waals surface area contributed by atoms with Gasteiger partial charge in [0.05, 0.1) is 6.20 Å². The lowest BCUT2D eigenvalue weighted by Crippen LogP contribution is -2.19. The van der Waals surface area contributed by atoms with E-state index in [4.69, 9.17) is 5.11 Å². The first-order valence-corrected chi connectivity index (χ1v) is 6.94. The summed E-state index contributed by atoms with van der Waals surface area (Å²) < 4.78 is 53.9. The molecule has 0 spiro atoms. The van der Waals surface area contributed by atoms with Gasteiger partial charge in [0.25, 0.3) is 10.0 Å². The largest absolute Gasteiger partial charge is 0.477 e. The lowest BCUT2D eigenvalue weighted by atomic mass is 10.3. The molecule has 7 nitrogen and oxygen atoms in total. The molecule has 0 radical (unpaired) electrons. The summed E-state index contributed by atoms with van der Waals surface area (Å²) in [6, 6.07) is 2.56. The summed E-state index contributed by atoms with van der Waals surface area (Å²) in [5.74, 6) is -4.43. The zero-order valence-corrected chi connectivity index (χ0v) is 11.4. The Morgan fingerprint density at radius 1 is 1.33 bits per heavy atom. The number of hydrogen-bond donors (Lipinski definition) is 2. The smallest absolute Gasteiger partial charge is 0.341 e. The average molecular weight is 317 g/mol. The van der Waals surface area contributed by atoms with E-state index in [1.807, 2.05) is 4.72 Å². The predicted molar refractivity (Wildman–Crippen MR) is 67.3 cm³/mol. The highest BCUT2D eigenvalue weighted by molar-refractivity contribution is 7.92. The summed E-state index contributed by atoms with van der Waals surface area (Å²) in [5, 5.41) is 12.5. The van der Waals surface area contributed by atoms with Gasteiger partial charge in [-0.3, -0.25) is 9.40 Å². The summed E-state index contributed by atoms with van der Waals surface area (Å²) >= 11 is 0. The first-order chi connectivity index (χ1) is 9.74. The van der Waals surface area contributed by atoms with Gasteiger partial charge < -0.3 is 5.11 Å². The molecule has 0 fully saturated rings. The predicted octanol–water partition coefficient (Wildman–Crippen LogP) is 1.20. The minimum Gasteiger partial charge on any atom is -0.477 e. The number of carbonyl (C=O) groups is 1. The van der Waals surface area contributed by atoms with Crippen LogP contribution in [0.2, 0.25) is 0 Å². The maximum absolute atomic E-state index is 13.5. The zero-order chi connectivity index (χ0) is 15.8. The molecule has 0 atom stereocenters. The lowest BCUT2D eigenvalue weighted by Gasteiger charge is -2.10. The summed E-state index contributed by atoms with van der Waals surface area (Å²) in [6.45, 7) is 0.